The molecule has 1 aromatic heterocycles. The molecule has 1 aliphatic carbocycles. The predicted octanol–water partition coefficient (Wildman–Crippen LogP) is 3.28. The predicted molar refractivity (Wildman–Crippen MR) is 86.9 cm³/mol. The SMILES string of the molecule is Cl.Cl.NCC1CCC(C(=O)Nc2ccc(Cl)cn2)CC1. The first-order valence-corrected chi connectivity index (χ1v) is 6.69. The van der Waals surface area contributed by atoms with E-state index in [4.69, 9.17) is 17.3 Å². The maximum absolute atomic E-state index is 12.0. The second kappa shape index (κ2) is 9.40. The number of rotatable bonds is 3. The van der Waals surface area contributed by atoms with Gasteiger partial charge in [0.25, 0.3) is 0 Å². The highest BCUT2D eigenvalue weighted by atomic mass is 35.5. The van der Waals surface area contributed by atoms with E-state index in [9.17, 15) is 4.79 Å². The number of hydrogen-bond donors (Lipinski definition) is 2. The van der Waals surface area contributed by atoms with Gasteiger partial charge in [-0.3, -0.25) is 4.79 Å². The molecule has 7 heteroatoms. The highest BCUT2D eigenvalue weighted by Gasteiger charge is 2.25. The Hall–Kier alpha value is -0.550. The van der Waals surface area contributed by atoms with Crippen LogP contribution in [0, 0.1) is 11.8 Å². The number of nitrogens with two attached hydrogens (primary N) is 1. The zero-order valence-electron chi connectivity index (χ0n) is 11.0. The number of aromatic nitrogens is 1. The number of pyridine rings is 1. The van der Waals surface area contributed by atoms with Gasteiger partial charge >= 0.3 is 0 Å². The molecule has 0 saturated heterocycles. The second-order valence-electron chi connectivity index (χ2n) is 4.80. The molecule has 1 heterocycles. The lowest BCUT2D eigenvalue weighted by molar-refractivity contribution is -0.121. The number of anilines is 1. The van der Waals surface area contributed by atoms with Gasteiger partial charge in [-0.05, 0) is 50.3 Å². The summed E-state index contributed by atoms with van der Waals surface area (Å²) in [6, 6.07) is 3.43. The molecule has 1 aromatic rings. The van der Waals surface area contributed by atoms with E-state index in [0.29, 0.717) is 16.8 Å². The summed E-state index contributed by atoms with van der Waals surface area (Å²) in [5.41, 5.74) is 5.64. The molecule has 3 N–H and O–H groups in total. The van der Waals surface area contributed by atoms with Crippen LogP contribution < -0.4 is 11.1 Å². The summed E-state index contributed by atoms with van der Waals surface area (Å²) < 4.78 is 0. The number of nitrogens with zero attached hydrogens (tertiary/aromatic N) is 1. The normalized spacial score (nSPS) is 21.3. The molecule has 0 radical (unpaired) electrons. The topological polar surface area (TPSA) is 68.0 Å². The number of amides is 1. The minimum Gasteiger partial charge on any atom is -0.330 e. The summed E-state index contributed by atoms with van der Waals surface area (Å²) >= 11 is 5.74. The number of carbonyl (C=O) groups excluding carboxylic acids is 1. The molecule has 4 nitrogen and oxygen atoms in total. The van der Waals surface area contributed by atoms with Gasteiger partial charge in [-0.1, -0.05) is 11.6 Å². The quantitative estimate of drug-likeness (QED) is 0.887. The zero-order valence-corrected chi connectivity index (χ0v) is 13.4. The number of carbonyl (C=O) groups is 1. The molecule has 20 heavy (non-hydrogen) atoms. The molecule has 1 amide bonds. The van der Waals surface area contributed by atoms with Gasteiger partial charge in [0.2, 0.25) is 5.91 Å². The van der Waals surface area contributed by atoms with Crippen molar-refractivity contribution in [1.29, 1.82) is 0 Å². The smallest absolute Gasteiger partial charge is 0.228 e. The fraction of sp³-hybridized carbons (Fsp3) is 0.538. The van der Waals surface area contributed by atoms with E-state index >= 15 is 0 Å². The van der Waals surface area contributed by atoms with Gasteiger partial charge in [0.15, 0.2) is 0 Å². The van der Waals surface area contributed by atoms with Gasteiger partial charge in [-0.25, -0.2) is 4.98 Å². The Morgan fingerprint density at radius 3 is 2.45 bits per heavy atom. The summed E-state index contributed by atoms with van der Waals surface area (Å²) in [4.78, 5) is 16.1. The van der Waals surface area contributed by atoms with Crippen LogP contribution in [-0.4, -0.2) is 17.4 Å². The van der Waals surface area contributed by atoms with Crippen LogP contribution in [0.15, 0.2) is 18.3 Å². The maximum Gasteiger partial charge on any atom is 0.228 e. The lowest BCUT2D eigenvalue weighted by atomic mass is 9.81. The third-order valence-corrected chi connectivity index (χ3v) is 3.75. The van der Waals surface area contributed by atoms with Gasteiger partial charge in [0, 0.05) is 12.1 Å². The molecule has 0 spiro atoms. The van der Waals surface area contributed by atoms with Crippen molar-refractivity contribution in [2.45, 2.75) is 25.7 Å². The van der Waals surface area contributed by atoms with Crippen LogP contribution in [-0.2, 0) is 4.79 Å². The van der Waals surface area contributed by atoms with Crippen LogP contribution in [0.1, 0.15) is 25.7 Å². The molecule has 0 aliphatic heterocycles. The first-order chi connectivity index (χ1) is 8.69. The van der Waals surface area contributed by atoms with E-state index in [-0.39, 0.29) is 36.6 Å². The molecular formula is C13H20Cl3N3O. The number of halogens is 3. The van der Waals surface area contributed by atoms with Gasteiger partial charge in [0.05, 0.1) is 5.02 Å². The fourth-order valence-electron chi connectivity index (χ4n) is 2.34. The molecule has 2 rings (SSSR count). The van der Waals surface area contributed by atoms with Crippen molar-refractivity contribution in [1.82, 2.24) is 4.98 Å². The largest absolute Gasteiger partial charge is 0.330 e. The average molecular weight is 341 g/mol. The molecule has 0 bridgehead atoms. The van der Waals surface area contributed by atoms with Gasteiger partial charge in [-0.2, -0.15) is 0 Å². The molecule has 1 saturated carbocycles. The minimum absolute atomic E-state index is 0. The molecule has 114 valence electrons. The van der Waals surface area contributed by atoms with Crippen LogP contribution >= 0.6 is 36.4 Å². The Balaban J connectivity index is 0.00000180. The van der Waals surface area contributed by atoms with Crippen LogP contribution in [0.4, 0.5) is 5.82 Å². The van der Waals surface area contributed by atoms with Crippen LogP contribution in [0.5, 0.6) is 0 Å². The Morgan fingerprint density at radius 2 is 1.95 bits per heavy atom. The van der Waals surface area contributed by atoms with Crippen molar-refractivity contribution < 1.29 is 4.79 Å². The maximum atomic E-state index is 12.0. The molecule has 1 fully saturated rings. The summed E-state index contributed by atoms with van der Waals surface area (Å²) in [5, 5.41) is 3.40. The van der Waals surface area contributed by atoms with Crippen LogP contribution in [0.2, 0.25) is 5.02 Å². The highest BCUT2D eigenvalue weighted by molar-refractivity contribution is 6.30. The Morgan fingerprint density at radius 1 is 1.30 bits per heavy atom. The van der Waals surface area contributed by atoms with Gasteiger partial charge in [-0.15, -0.1) is 24.8 Å². The number of nitrogens with one attached hydrogen (secondary N) is 1. The van der Waals surface area contributed by atoms with E-state index in [1.54, 1.807) is 12.1 Å². The summed E-state index contributed by atoms with van der Waals surface area (Å²) in [6.45, 7) is 0.729. The lowest BCUT2D eigenvalue weighted by Crippen LogP contribution is -2.29. The summed E-state index contributed by atoms with van der Waals surface area (Å²) in [7, 11) is 0. The van der Waals surface area contributed by atoms with Gasteiger partial charge < -0.3 is 11.1 Å². The molecule has 0 atom stereocenters. The van der Waals surface area contributed by atoms with E-state index in [1.807, 2.05) is 0 Å². The molecule has 0 unspecified atom stereocenters. The van der Waals surface area contributed by atoms with Crippen molar-refractivity contribution in [2.24, 2.45) is 17.6 Å². The fourth-order valence-corrected chi connectivity index (χ4v) is 2.45. The van der Waals surface area contributed by atoms with Crippen molar-refractivity contribution in [2.75, 3.05) is 11.9 Å². The standard InChI is InChI=1S/C13H18ClN3O.2ClH/c14-11-5-6-12(16-8-11)17-13(18)10-3-1-9(7-15)2-4-10;;/h5-6,8-10H,1-4,7,15H2,(H,16,17,18);2*1H. The van der Waals surface area contributed by atoms with Gasteiger partial charge in [0.1, 0.15) is 5.82 Å². The molecule has 1 aliphatic rings. The highest BCUT2D eigenvalue weighted by Crippen LogP contribution is 2.28. The zero-order chi connectivity index (χ0) is 13.0. The second-order valence-corrected chi connectivity index (χ2v) is 5.24. The first kappa shape index (κ1) is 19.4. The third kappa shape index (κ3) is 5.44. The van der Waals surface area contributed by atoms with E-state index < -0.39 is 0 Å². The van der Waals surface area contributed by atoms with Crippen LogP contribution in [0.3, 0.4) is 0 Å². The van der Waals surface area contributed by atoms with Crippen LogP contribution in [0.25, 0.3) is 0 Å². The average Bonchev–Trinajstić information content (AvgIpc) is 2.41. The molecular weight excluding hydrogens is 321 g/mol. The van der Waals surface area contributed by atoms with E-state index in [1.165, 1.54) is 6.20 Å². The van der Waals surface area contributed by atoms with Crippen molar-refractivity contribution in [3.63, 3.8) is 0 Å². The Labute approximate surface area is 136 Å². The third-order valence-electron chi connectivity index (χ3n) is 3.53. The summed E-state index contributed by atoms with van der Waals surface area (Å²) in [6.07, 6.45) is 5.45. The lowest BCUT2D eigenvalue weighted by Gasteiger charge is -2.26. The Kier molecular flexibility index (Phi) is 9.14. The van der Waals surface area contributed by atoms with Crippen molar-refractivity contribution in [3.8, 4) is 0 Å². The molecule has 0 aromatic carbocycles. The van der Waals surface area contributed by atoms with Crippen molar-refractivity contribution >= 4 is 48.1 Å². The van der Waals surface area contributed by atoms with E-state index in [2.05, 4.69) is 10.3 Å². The monoisotopic (exact) mass is 339 g/mol. The first-order valence-electron chi connectivity index (χ1n) is 6.31. The summed E-state index contributed by atoms with van der Waals surface area (Å²) in [5.74, 6) is 1.29. The van der Waals surface area contributed by atoms with Crippen molar-refractivity contribution in [3.05, 3.63) is 23.4 Å². The Bertz CT molecular complexity index is 406. The number of hydrogen-bond acceptors (Lipinski definition) is 3. The van der Waals surface area contributed by atoms with E-state index in [0.717, 1.165) is 32.2 Å². The minimum atomic E-state index is 0.